The average molecular weight is 297 g/mol. The van der Waals surface area contributed by atoms with Crippen LogP contribution in [0.2, 0.25) is 0 Å². The van der Waals surface area contributed by atoms with E-state index in [4.69, 9.17) is 4.74 Å². The molecule has 0 bridgehead atoms. The lowest BCUT2D eigenvalue weighted by molar-refractivity contribution is 0.112. The molecule has 3 nitrogen and oxygen atoms in total. The first-order valence-electron chi connectivity index (χ1n) is 7.12. The van der Waals surface area contributed by atoms with Gasteiger partial charge < -0.3 is 9.30 Å². The molecule has 0 fully saturated rings. The van der Waals surface area contributed by atoms with Crippen LogP contribution in [0.4, 0.5) is 4.39 Å². The summed E-state index contributed by atoms with van der Waals surface area (Å²) in [5.41, 5.74) is 2.67. The van der Waals surface area contributed by atoms with Crippen LogP contribution < -0.4 is 4.74 Å². The van der Waals surface area contributed by atoms with E-state index in [1.54, 1.807) is 12.1 Å². The van der Waals surface area contributed by atoms with Crippen molar-refractivity contribution in [2.75, 3.05) is 6.61 Å². The van der Waals surface area contributed by atoms with Gasteiger partial charge in [-0.05, 0) is 37.3 Å². The van der Waals surface area contributed by atoms with Gasteiger partial charge in [0.15, 0.2) is 6.29 Å². The summed E-state index contributed by atoms with van der Waals surface area (Å²) in [6.45, 7) is 3.00. The minimum Gasteiger partial charge on any atom is -0.492 e. The lowest BCUT2D eigenvalue weighted by atomic mass is 10.1. The van der Waals surface area contributed by atoms with Crippen LogP contribution in [0.3, 0.4) is 0 Å². The van der Waals surface area contributed by atoms with Gasteiger partial charge in [-0.25, -0.2) is 4.39 Å². The van der Waals surface area contributed by atoms with E-state index in [0.717, 1.165) is 28.4 Å². The monoisotopic (exact) mass is 297 g/mol. The lowest BCUT2D eigenvalue weighted by Gasteiger charge is -2.10. The predicted octanol–water partition coefficient (Wildman–Crippen LogP) is 3.98. The van der Waals surface area contributed by atoms with Crippen molar-refractivity contribution in [1.29, 1.82) is 0 Å². The summed E-state index contributed by atoms with van der Waals surface area (Å²) in [7, 11) is 0. The number of halogens is 1. The third kappa shape index (κ3) is 2.60. The molecule has 2 aromatic carbocycles. The molecule has 0 aliphatic heterocycles. The first-order valence-corrected chi connectivity index (χ1v) is 7.12. The van der Waals surface area contributed by atoms with Gasteiger partial charge in [0.05, 0.1) is 6.54 Å². The van der Waals surface area contributed by atoms with E-state index in [9.17, 15) is 9.18 Å². The van der Waals surface area contributed by atoms with Crippen molar-refractivity contribution in [2.45, 2.75) is 13.5 Å². The summed E-state index contributed by atoms with van der Waals surface area (Å²) in [5, 5.41) is 0.955. The second kappa shape index (κ2) is 6.02. The van der Waals surface area contributed by atoms with Crippen molar-refractivity contribution in [1.82, 2.24) is 4.57 Å². The van der Waals surface area contributed by atoms with Crippen molar-refractivity contribution < 1.29 is 13.9 Å². The van der Waals surface area contributed by atoms with Crippen molar-refractivity contribution in [2.24, 2.45) is 0 Å². The molecule has 0 spiro atoms. The highest BCUT2D eigenvalue weighted by molar-refractivity contribution is 5.99. The van der Waals surface area contributed by atoms with E-state index in [-0.39, 0.29) is 5.82 Å². The van der Waals surface area contributed by atoms with Gasteiger partial charge in [0.25, 0.3) is 0 Å². The largest absolute Gasteiger partial charge is 0.492 e. The zero-order valence-corrected chi connectivity index (χ0v) is 12.3. The van der Waals surface area contributed by atoms with Gasteiger partial charge in [0.1, 0.15) is 18.2 Å². The Morgan fingerprint density at radius 1 is 1.14 bits per heavy atom. The van der Waals surface area contributed by atoms with E-state index in [0.29, 0.717) is 18.9 Å². The summed E-state index contributed by atoms with van der Waals surface area (Å²) < 4.78 is 20.6. The van der Waals surface area contributed by atoms with Crippen molar-refractivity contribution >= 4 is 17.2 Å². The van der Waals surface area contributed by atoms with Crippen LogP contribution in [-0.2, 0) is 6.54 Å². The van der Waals surface area contributed by atoms with Crippen LogP contribution in [0.5, 0.6) is 5.75 Å². The summed E-state index contributed by atoms with van der Waals surface area (Å²) in [4.78, 5) is 11.3. The Balaban J connectivity index is 1.80. The molecule has 0 aliphatic carbocycles. The molecule has 0 N–H and O–H groups in total. The fraction of sp³-hybridized carbons (Fsp3) is 0.167. The zero-order valence-electron chi connectivity index (χ0n) is 12.3. The molecule has 0 radical (unpaired) electrons. The molecule has 112 valence electrons. The second-order valence-corrected chi connectivity index (χ2v) is 5.09. The number of benzene rings is 2. The highest BCUT2D eigenvalue weighted by Crippen LogP contribution is 2.24. The van der Waals surface area contributed by atoms with E-state index in [1.807, 2.05) is 31.2 Å². The molecule has 0 saturated heterocycles. The zero-order chi connectivity index (χ0) is 15.5. The predicted molar refractivity (Wildman–Crippen MR) is 84.0 cm³/mol. The molecule has 0 saturated carbocycles. The molecule has 0 amide bonds. The van der Waals surface area contributed by atoms with Gasteiger partial charge in [-0.1, -0.05) is 18.2 Å². The van der Waals surface area contributed by atoms with Gasteiger partial charge in [-0.2, -0.15) is 0 Å². The van der Waals surface area contributed by atoms with Crippen LogP contribution in [0.25, 0.3) is 10.9 Å². The maximum Gasteiger partial charge on any atom is 0.152 e. The molecule has 1 heterocycles. The van der Waals surface area contributed by atoms with Crippen LogP contribution in [0.1, 0.15) is 16.1 Å². The van der Waals surface area contributed by atoms with Gasteiger partial charge in [0.2, 0.25) is 0 Å². The number of aldehydes is 1. The Hall–Kier alpha value is -2.62. The second-order valence-electron chi connectivity index (χ2n) is 5.09. The first kappa shape index (κ1) is 14.3. The Kier molecular flexibility index (Phi) is 3.92. The Morgan fingerprint density at radius 3 is 2.59 bits per heavy atom. The molecule has 4 heteroatoms. The molecule has 1 aromatic heterocycles. The number of ether oxygens (including phenoxy) is 1. The number of rotatable bonds is 5. The molecule has 0 aliphatic rings. The number of fused-ring (bicyclic) bond motifs is 1. The minimum absolute atomic E-state index is 0.282. The highest BCUT2D eigenvalue weighted by Gasteiger charge is 2.12. The number of para-hydroxylation sites is 1. The van der Waals surface area contributed by atoms with Gasteiger partial charge in [-0.3, -0.25) is 4.79 Å². The number of hydrogen-bond donors (Lipinski definition) is 0. The summed E-state index contributed by atoms with van der Waals surface area (Å²) in [6.07, 6.45) is 0.898. The third-order valence-electron chi connectivity index (χ3n) is 3.79. The first-order chi connectivity index (χ1) is 10.7. The number of aromatic nitrogens is 1. The molecule has 0 atom stereocenters. The third-order valence-corrected chi connectivity index (χ3v) is 3.79. The van der Waals surface area contributed by atoms with Crippen molar-refractivity contribution in [3.63, 3.8) is 0 Å². The lowest BCUT2D eigenvalue weighted by Crippen LogP contribution is -2.09. The standard InChI is InChI=1S/C18H16FNO2/c1-13-17(12-21)16-4-2-3-5-18(16)20(13)10-11-22-15-8-6-14(19)7-9-15/h2-9,12H,10-11H2,1H3. The smallest absolute Gasteiger partial charge is 0.152 e. The van der Waals surface area contributed by atoms with Gasteiger partial charge in [0, 0.05) is 22.2 Å². The van der Waals surface area contributed by atoms with E-state index >= 15 is 0 Å². The Bertz CT molecular complexity index is 806. The fourth-order valence-electron chi connectivity index (χ4n) is 2.68. The van der Waals surface area contributed by atoms with Gasteiger partial charge >= 0.3 is 0 Å². The maximum atomic E-state index is 12.9. The molecule has 3 rings (SSSR count). The van der Waals surface area contributed by atoms with Crippen LogP contribution in [0.15, 0.2) is 48.5 Å². The number of carbonyl (C=O) groups is 1. The van der Waals surface area contributed by atoms with E-state index in [2.05, 4.69) is 4.57 Å². The fourth-order valence-corrected chi connectivity index (χ4v) is 2.68. The number of hydrogen-bond acceptors (Lipinski definition) is 2. The topological polar surface area (TPSA) is 31.2 Å². The molecule has 0 unspecified atom stereocenters. The molecule has 22 heavy (non-hydrogen) atoms. The number of nitrogens with zero attached hydrogens (tertiary/aromatic N) is 1. The normalized spacial score (nSPS) is 10.8. The average Bonchev–Trinajstić information content (AvgIpc) is 2.81. The van der Waals surface area contributed by atoms with Crippen LogP contribution >= 0.6 is 0 Å². The SMILES string of the molecule is Cc1c(C=O)c2ccccc2n1CCOc1ccc(F)cc1. The van der Waals surface area contributed by atoms with Crippen LogP contribution in [0, 0.1) is 12.7 Å². The van der Waals surface area contributed by atoms with E-state index in [1.165, 1.54) is 12.1 Å². The summed E-state index contributed by atoms with van der Waals surface area (Å²) in [6, 6.07) is 13.8. The van der Waals surface area contributed by atoms with E-state index < -0.39 is 0 Å². The maximum absolute atomic E-state index is 12.9. The van der Waals surface area contributed by atoms with Crippen LogP contribution in [-0.4, -0.2) is 17.5 Å². The molecule has 3 aromatic rings. The van der Waals surface area contributed by atoms with Crippen molar-refractivity contribution in [3.8, 4) is 5.75 Å². The van der Waals surface area contributed by atoms with Crippen molar-refractivity contribution in [3.05, 3.63) is 65.6 Å². The highest BCUT2D eigenvalue weighted by atomic mass is 19.1. The molecular formula is C18H16FNO2. The summed E-state index contributed by atoms with van der Waals surface area (Å²) in [5.74, 6) is 0.348. The number of carbonyl (C=O) groups excluding carboxylic acids is 1. The quantitative estimate of drug-likeness (QED) is 0.667. The summed E-state index contributed by atoms with van der Waals surface area (Å²) >= 11 is 0. The Labute approximate surface area is 127 Å². The Morgan fingerprint density at radius 2 is 1.86 bits per heavy atom. The van der Waals surface area contributed by atoms with Gasteiger partial charge in [-0.15, -0.1) is 0 Å². The minimum atomic E-state index is -0.282. The molecular weight excluding hydrogens is 281 g/mol.